The van der Waals surface area contributed by atoms with Gasteiger partial charge in [0.25, 0.3) is 0 Å². The monoisotopic (exact) mass is 995 g/mol. The van der Waals surface area contributed by atoms with Gasteiger partial charge in [0.2, 0.25) is 35.4 Å². The van der Waals surface area contributed by atoms with Gasteiger partial charge in [0.1, 0.15) is 54.1 Å². The lowest BCUT2D eigenvalue weighted by Gasteiger charge is -2.44. The number of phenolic OH excluding ortho intramolecular Hbond substituents is 2. The van der Waals surface area contributed by atoms with Crippen molar-refractivity contribution in [3.63, 3.8) is 0 Å². The fourth-order valence-electron chi connectivity index (χ4n) is 9.00. The average Bonchev–Trinajstić information content (AvgIpc) is 3.30. The van der Waals surface area contributed by atoms with E-state index in [9.17, 15) is 54.0 Å². The van der Waals surface area contributed by atoms with Crippen LogP contribution in [-0.2, 0) is 51.1 Å². The number of nitrogens with one attached hydrogen (secondary N) is 5. The molecule has 0 aliphatic carbocycles. The quantitative estimate of drug-likeness (QED) is 0.0994. The van der Waals surface area contributed by atoms with E-state index < -0.39 is 102 Å². The summed E-state index contributed by atoms with van der Waals surface area (Å²) in [6.45, 7) is 13.0. The fourth-order valence-corrected chi connectivity index (χ4v) is 9.00. The van der Waals surface area contributed by atoms with Crippen LogP contribution in [0.2, 0.25) is 0 Å². The number of carbonyl (C=O) groups is 7. The normalized spacial score (nSPS) is 25.5. The molecule has 394 valence electrons. The molecule has 0 saturated carbocycles. The zero-order valence-corrected chi connectivity index (χ0v) is 42.4. The molecule has 6 amide bonds. The van der Waals surface area contributed by atoms with Crippen LogP contribution in [0.5, 0.6) is 11.5 Å². The van der Waals surface area contributed by atoms with Crippen molar-refractivity contribution in [3.8, 4) is 11.5 Å². The number of phenols is 2. The minimum absolute atomic E-state index is 0.00856. The number of benzene rings is 2. The van der Waals surface area contributed by atoms with Crippen molar-refractivity contribution < 1.29 is 58.7 Å². The Hall–Kier alpha value is -5.83. The van der Waals surface area contributed by atoms with Gasteiger partial charge in [-0.15, -0.1) is 0 Å². The Labute approximate surface area is 417 Å². The average molecular weight is 995 g/mol. The predicted molar refractivity (Wildman–Crippen MR) is 264 cm³/mol. The summed E-state index contributed by atoms with van der Waals surface area (Å²) in [4.78, 5) is 101. The summed E-state index contributed by atoms with van der Waals surface area (Å²) in [5.41, 5.74) is 6.72. The van der Waals surface area contributed by atoms with Gasteiger partial charge in [-0.2, -0.15) is 0 Å². The van der Waals surface area contributed by atoms with Crippen molar-refractivity contribution in [3.05, 3.63) is 59.7 Å². The number of aliphatic hydroxyl groups is 2. The Kier molecular flexibility index (Phi) is 22.1. The number of hydrogen-bond acceptors (Lipinski definition) is 14. The number of esters is 1. The number of aliphatic hydroxyl groups excluding tert-OH is 2. The predicted octanol–water partition coefficient (Wildman–Crippen LogP) is 1.10. The Morgan fingerprint density at radius 3 is 2.03 bits per heavy atom. The largest absolute Gasteiger partial charge is 0.508 e. The minimum Gasteiger partial charge on any atom is -0.508 e. The van der Waals surface area contributed by atoms with Gasteiger partial charge < -0.3 is 67.3 Å². The SMILES string of the molecule is CC[C@H](C)[C@@H]1NC[C@H](Cc2ccc(O)cc2)N(C)C(=O)C(CC(C)C)N2C(=O)[C@H](CC[C@H]2O)NCC(CC(C)C)NC(=O)C(NC(=O)[C@H](CCC(N)=O)NC(=O)[C@H](O)Cc2ccc(O)cc2)[C@@H](C)OC1=O. The van der Waals surface area contributed by atoms with E-state index in [0.29, 0.717) is 18.4 Å². The van der Waals surface area contributed by atoms with E-state index in [-0.39, 0.29) is 87.3 Å². The van der Waals surface area contributed by atoms with Crippen LogP contribution >= 0.6 is 0 Å². The lowest BCUT2D eigenvalue weighted by molar-refractivity contribution is -0.165. The molecular weight excluding hydrogens is 917 g/mol. The number of nitrogens with two attached hydrogens (primary N) is 1. The van der Waals surface area contributed by atoms with Gasteiger partial charge in [0, 0.05) is 45.1 Å². The van der Waals surface area contributed by atoms with Crippen molar-refractivity contribution in [2.45, 2.75) is 167 Å². The van der Waals surface area contributed by atoms with Crippen molar-refractivity contribution in [1.29, 1.82) is 0 Å². The van der Waals surface area contributed by atoms with Crippen molar-refractivity contribution in [2.75, 3.05) is 20.1 Å². The van der Waals surface area contributed by atoms with Gasteiger partial charge in [0.15, 0.2) is 0 Å². The molecule has 2 aliphatic heterocycles. The molecule has 71 heavy (non-hydrogen) atoms. The molecule has 11 atom stereocenters. The molecule has 4 rings (SSSR count). The first-order valence-corrected chi connectivity index (χ1v) is 24.9. The van der Waals surface area contributed by atoms with Crippen LogP contribution in [0.25, 0.3) is 0 Å². The minimum atomic E-state index is -1.66. The highest BCUT2D eigenvalue weighted by Crippen LogP contribution is 2.27. The maximum absolute atomic E-state index is 14.9. The lowest BCUT2D eigenvalue weighted by Crippen LogP contribution is -2.64. The number of hydrogen-bond donors (Lipinski definition) is 10. The molecule has 2 saturated heterocycles. The second-order valence-corrected chi connectivity index (χ2v) is 20.1. The first-order chi connectivity index (χ1) is 33.5. The zero-order valence-electron chi connectivity index (χ0n) is 42.4. The molecule has 20 nitrogen and oxygen atoms in total. The third-order valence-corrected chi connectivity index (χ3v) is 13.3. The number of fused-ring (bicyclic) bond motifs is 2. The van der Waals surface area contributed by atoms with Crippen LogP contribution < -0.4 is 32.3 Å². The van der Waals surface area contributed by atoms with Crippen LogP contribution in [0, 0.1) is 17.8 Å². The van der Waals surface area contributed by atoms with Crippen molar-refractivity contribution in [1.82, 2.24) is 36.4 Å². The first-order valence-electron chi connectivity index (χ1n) is 24.9. The van der Waals surface area contributed by atoms with Crippen molar-refractivity contribution in [2.24, 2.45) is 23.5 Å². The second kappa shape index (κ2) is 27.1. The number of ether oxygens (including phenoxy) is 1. The van der Waals surface area contributed by atoms with E-state index in [1.54, 1.807) is 19.2 Å². The lowest BCUT2D eigenvalue weighted by atomic mass is 9.94. The van der Waals surface area contributed by atoms with Crippen molar-refractivity contribution >= 4 is 41.4 Å². The molecule has 2 aromatic rings. The maximum atomic E-state index is 14.9. The van der Waals surface area contributed by atoms with Crippen LogP contribution in [0.15, 0.2) is 48.5 Å². The van der Waals surface area contributed by atoms with E-state index in [4.69, 9.17) is 10.5 Å². The van der Waals surface area contributed by atoms with E-state index in [1.807, 2.05) is 41.5 Å². The molecule has 3 unspecified atom stereocenters. The number of likely N-dealkylation sites (N-methyl/N-ethyl adjacent to an activating group) is 1. The molecule has 0 radical (unpaired) electrons. The summed E-state index contributed by atoms with van der Waals surface area (Å²) in [5.74, 6) is -5.51. The number of amides is 6. The van der Waals surface area contributed by atoms with Crippen LogP contribution in [0.4, 0.5) is 0 Å². The standard InChI is InChI=1S/C51H78N8O12/c1-9-30(6)44-51(70)71-31(7)45(57-46(65)38(18-20-42(52)63)56-47(66)41(62)25-33-12-16-37(61)17-13-33)48(67)55-34(22-28(2)3)26-53-39-19-21-43(64)59(49(39)68)40(23-29(4)5)50(69)58(8)35(27-54-44)24-32-10-14-36(60)15-11-32/h10-17,28-31,34-35,38-41,43-45,53-54,60-62,64H,9,18-27H2,1-8H3,(H2,52,63)(H,55,67)(H,56,66)(H,57,65)/t30-,31+,34?,35-,38-,39-,40?,41+,43+,44-,45?/m0/s1. The molecular formula is C51H78N8O12. The number of rotatable bonds is 17. The van der Waals surface area contributed by atoms with Crippen LogP contribution in [-0.4, -0.2) is 153 Å². The summed E-state index contributed by atoms with van der Waals surface area (Å²) < 4.78 is 6.08. The number of aromatic hydroxyl groups is 2. The zero-order chi connectivity index (χ0) is 52.7. The van der Waals surface area contributed by atoms with Crippen LogP contribution in [0.1, 0.15) is 105 Å². The molecule has 2 bridgehead atoms. The summed E-state index contributed by atoms with van der Waals surface area (Å²) in [6, 6.07) is 4.98. The summed E-state index contributed by atoms with van der Waals surface area (Å²) in [7, 11) is 1.62. The smallest absolute Gasteiger partial charge is 0.323 e. The van der Waals surface area contributed by atoms with Gasteiger partial charge in [-0.3, -0.25) is 33.6 Å². The molecule has 2 aromatic carbocycles. The van der Waals surface area contributed by atoms with E-state index in [2.05, 4.69) is 26.6 Å². The third kappa shape index (κ3) is 17.2. The highest BCUT2D eigenvalue weighted by Gasteiger charge is 2.44. The van der Waals surface area contributed by atoms with Gasteiger partial charge in [-0.25, -0.2) is 0 Å². The number of cyclic esters (lactones) is 1. The summed E-state index contributed by atoms with van der Waals surface area (Å²) in [5, 5.41) is 56.7. The highest BCUT2D eigenvalue weighted by atomic mass is 16.5. The van der Waals surface area contributed by atoms with Gasteiger partial charge in [0.05, 0.1) is 6.04 Å². The van der Waals surface area contributed by atoms with E-state index in [0.717, 1.165) is 5.56 Å². The van der Waals surface area contributed by atoms with E-state index in [1.165, 1.54) is 53.1 Å². The third-order valence-electron chi connectivity index (χ3n) is 13.3. The Balaban J connectivity index is 1.77. The fraction of sp³-hybridized carbons (Fsp3) is 0.627. The Morgan fingerprint density at radius 2 is 1.45 bits per heavy atom. The molecule has 11 N–H and O–H groups in total. The molecule has 20 heteroatoms. The molecule has 2 heterocycles. The van der Waals surface area contributed by atoms with Gasteiger partial charge in [-0.05, 0) is 98.6 Å². The molecule has 0 aromatic heterocycles. The van der Waals surface area contributed by atoms with E-state index >= 15 is 0 Å². The molecule has 2 fully saturated rings. The number of nitrogens with zero attached hydrogens (tertiary/aromatic N) is 2. The highest BCUT2D eigenvalue weighted by molar-refractivity contribution is 5.94. The summed E-state index contributed by atoms with van der Waals surface area (Å²) >= 11 is 0. The number of primary amides is 1. The topological polar surface area (TPSA) is 302 Å². The number of carbonyl (C=O) groups excluding carboxylic acids is 7. The Bertz CT molecular complexity index is 2110. The first kappa shape index (κ1) is 57.7. The van der Waals surface area contributed by atoms with Gasteiger partial charge >= 0.3 is 5.97 Å². The second-order valence-electron chi connectivity index (χ2n) is 20.1. The maximum Gasteiger partial charge on any atom is 0.323 e. The molecule has 0 spiro atoms. The van der Waals surface area contributed by atoms with Crippen LogP contribution in [0.3, 0.4) is 0 Å². The number of piperidine rings is 1. The molecule has 2 aliphatic rings. The summed E-state index contributed by atoms with van der Waals surface area (Å²) in [6.07, 6.45) is -3.36. The Morgan fingerprint density at radius 1 is 0.845 bits per heavy atom. The van der Waals surface area contributed by atoms with Gasteiger partial charge in [-0.1, -0.05) is 72.2 Å².